The second-order valence-electron chi connectivity index (χ2n) is 7.40. The van der Waals surface area contributed by atoms with Crippen LogP contribution in [0.1, 0.15) is 34.5 Å². The van der Waals surface area contributed by atoms with Crippen molar-refractivity contribution in [2.24, 2.45) is 5.92 Å². The van der Waals surface area contributed by atoms with E-state index in [1.165, 1.54) is 22.6 Å². The number of nitrogens with zero attached hydrogens (tertiary/aromatic N) is 2. The lowest BCUT2D eigenvalue weighted by molar-refractivity contribution is -0.117. The first-order chi connectivity index (χ1) is 13.1. The maximum atomic E-state index is 12.9. The minimum Gasteiger partial charge on any atom is -0.370 e. The Balaban J connectivity index is 1.37. The largest absolute Gasteiger partial charge is 0.370 e. The number of hydrogen-bond donors (Lipinski definition) is 1. The summed E-state index contributed by atoms with van der Waals surface area (Å²) in [7, 11) is 0. The molecule has 1 saturated heterocycles. The van der Waals surface area contributed by atoms with Crippen LogP contribution < -0.4 is 10.2 Å². The molecule has 2 aliphatic rings. The van der Waals surface area contributed by atoms with E-state index in [-0.39, 0.29) is 17.7 Å². The van der Waals surface area contributed by atoms with E-state index in [9.17, 15) is 9.59 Å². The van der Waals surface area contributed by atoms with E-state index in [4.69, 9.17) is 0 Å². The van der Waals surface area contributed by atoms with Gasteiger partial charge in [0.15, 0.2) is 0 Å². The minimum absolute atomic E-state index is 0.0673. The highest BCUT2D eigenvalue weighted by atomic mass is 32.1. The molecule has 6 heteroatoms. The Morgan fingerprint density at radius 2 is 1.78 bits per heavy atom. The fourth-order valence-corrected chi connectivity index (χ4v) is 4.26. The van der Waals surface area contributed by atoms with Crippen LogP contribution in [0.25, 0.3) is 0 Å². The fourth-order valence-electron chi connectivity index (χ4n) is 3.38. The molecule has 0 unspecified atom stereocenters. The highest BCUT2D eigenvalue weighted by Gasteiger charge is 2.30. The number of rotatable bonds is 4. The predicted octanol–water partition coefficient (Wildman–Crippen LogP) is 3.76. The molecule has 1 aromatic heterocycles. The van der Waals surface area contributed by atoms with Crippen molar-refractivity contribution >= 4 is 33.8 Å². The third-order valence-electron chi connectivity index (χ3n) is 5.19. The van der Waals surface area contributed by atoms with Crippen molar-refractivity contribution < 1.29 is 9.59 Å². The maximum Gasteiger partial charge on any atom is 0.264 e. The van der Waals surface area contributed by atoms with Gasteiger partial charge >= 0.3 is 0 Å². The van der Waals surface area contributed by atoms with Crippen molar-refractivity contribution in [1.29, 1.82) is 0 Å². The lowest BCUT2D eigenvalue weighted by Gasteiger charge is -2.23. The number of carbonyl (C=O) groups excluding carboxylic acids is 2. The normalized spacial score (nSPS) is 17.5. The topological polar surface area (TPSA) is 52.6 Å². The van der Waals surface area contributed by atoms with E-state index in [0.717, 1.165) is 43.9 Å². The molecule has 2 aromatic rings. The van der Waals surface area contributed by atoms with Crippen LogP contribution in [0, 0.1) is 12.8 Å². The van der Waals surface area contributed by atoms with Crippen molar-refractivity contribution in [2.45, 2.75) is 26.2 Å². The first-order valence-electron chi connectivity index (χ1n) is 9.62. The molecular formula is C21H25N3O2S. The van der Waals surface area contributed by atoms with Crippen LogP contribution >= 0.6 is 11.3 Å². The fraction of sp³-hybridized carbons (Fsp3) is 0.429. The van der Waals surface area contributed by atoms with Gasteiger partial charge in [-0.1, -0.05) is 17.7 Å². The molecule has 2 amide bonds. The molecule has 1 aliphatic carbocycles. The molecule has 0 bridgehead atoms. The van der Waals surface area contributed by atoms with Gasteiger partial charge in [0.25, 0.3) is 5.91 Å². The molecule has 142 valence electrons. The van der Waals surface area contributed by atoms with Crippen LogP contribution in [-0.2, 0) is 4.79 Å². The SMILES string of the molecule is Cc1ccc(N2CCCN(C(=O)c3ccc(NC(=O)C4CC4)s3)CC2)cc1. The van der Waals surface area contributed by atoms with Gasteiger partial charge in [0.05, 0.1) is 9.88 Å². The van der Waals surface area contributed by atoms with E-state index in [1.54, 1.807) is 0 Å². The van der Waals surface area contributed by atoms with Gasteiger partial charge in [-0.05, 0) is 50.5 Å². The number of thiophene rings is 1. The molecule has 0 atom stereocenters. The third-order valence-corrected chi connectivity index (χ3v) is 6.18. The van der Waals surface area contributed by atoms with Crippen molar-refractivity contribution in [3.8, 4) is 0 Å². The molecule has 2 heterocycles. The number of hydrogen-bond acceptors (Lipinski definition) is 4. The lowest BCUT2D eigenvalue weighted by atomic mass is 10.2. The molecule has 1 N–H and O–H groups in total. The van der Waals surface area contributed by atoms with E-state index in [0.29, 0.717) is 11.4 Å². The van der Waals surface area contributed by atoms with Crippen molar-refractivity contribution in [1.82, 2.24) is 4.90 Å². The molecule has 0 spiro atoms. The van der Waals surface area contributed by atoms with Crippen molar-refractivity contribution in [3.63, 3.8) is 0 Å². The van der Waals surface area contributed by atoms with Gasteiger partial charge < -0.3 is 15.1 Å². The quantitative estimate of drug-likeness (QED) is 0.875. The average Bonchev–Trinajstić information content (AvgIpc) is 3.46. The Bertz CT molecular complexity index is 826. The highest BCUT2D eigenvalue weighted by Crippen LogP contribution is 2.32. The average molecular weight is 384 g/mol. The van der Waals surface area contributed by atoms with Gasteiger partial charge in [-0.15, -0.1) is 11.3 Å². The summed E-state index contributed by atoms with van der Waals surface area (Å²) in [6.45, 7) is 5.37. The summed E-state index contributed by atoms with van der Waals surface area (Å²) in [4.78, 5) is 29.8. The van der Waals surface area contributed by atoms with Crippen LogP contribution in [0.5, 0.6) is 0 Å². The van der Waals surface area contributed by atoms with Crippen LogP contribution in [-0.4, -0.2) is 42.9 Å². The molecule has 1 aromatic carbocycles. The van der Waals surface area contributed by atoms with E-state index in [2.05, 4.69) is 41.4 Å². The minimum atomic E-state index is 0.0673. The number of nitrogens with one attached hydrogen (secondary N) is 1. The Labute approximate surface area is 164 Å². The van der Waals surface area contributed by atoms with Crippen LogP contribution in [0.4, 0.5) is 10.7 Å². The maximum absolute atomic E-state index is 12.9. The van der Waals surface area contributed by atoms with Crippen molar-refractivity contribution in [3.05, 3.63) is 46.8 Å². The lowest BCUT2D eigenvalue weighted by Crippen LogP contribution is -2.34. The molecular weight excluding hydrogens is 358 g/mol. The second-order valence-corrected chi connectivity index (χ2v) is 8.48. The number of anilines is 2. The summed E-state index contributed by atoms with van der Waals surface area (Å²) in [5, 5.41) is 3.70. The smallest absolute Gasteiger partial charge is 0.264 e. The molecule has 1 aliphatic heterocycles. The summed E-state index contributed by atoms with van der Waals surface area (Å²) in [6, 6.07) is 12.2. The van der Waals surface area contributed by atoms with Gasteiger partial charge in [-0.3, -0.25) is 9.59 Å². The van der Waals surface area contributed by atoms with Crippen LogP contribution in [0.3, 0.4) is 0 Å². The predicted molar refractivity (Wildman–Crippen MR) is 110 cm³/mol. The number of amides is 2. The van der Waals surface area contributed by atoms with Gasteiger partial charge in [-0.2, -0.15) is 0 Å². The highest BCUT2D eigenvalue weighted by molar-refractivity contribution is 7.18. The third kappa shape index (κ3) is 4.33. The molecule has 2 fully saturated rings. The first kappa shape index (κ1) is 18.0. The van der Waals surface area contributed by atoms with Gasteiger partial charge in [0.2, 0.25) is 5.91 Å². The zero-order valence-electron chi connectivity index (χ0n) is 15.6. The summed E-state index contributed by atoms with van der Waals surface area (Å²) in [5.74, 6) is 0.321. The van der Waals surface area contributed by atoms with Crippen LogP contribution in [0.15, 0.2) is 36.4 Å². The van der Waals surface area contributed by atoms with Gasteiger partial charge in [-0.25, -0.2) is 0 Å². The molecule has 4 rings (SSSR count). The zero-order chi connectivity index (χ0) is 18.8. The Kier molecular flexibility index (Phi) is 5.16. The number of aryl methyl sites for hydroxylation is 1. The molecule has 1 saturated carbocycles. The Hall–Kier alpha value is -2.34. The number of benzene rings is 1. The summed E-state index contributed by atoms with van der Waals surface area (Å²) >= 11 is 1.38. The first-order valence-corrected chi connectivity index (χ1v) is 10.4. The summed E-state index contributed by atoms with van der Waals surface area (Å²) < 4.78 is 0. The molecule has 0 radical (unpaired) electrons. The number of carbonyl (C=O) groups is 2. The van der Waals surface area contributed by atoms with Gasteiger partial charge in [0.1, 0.15) is 0 Å². The van der Waals surface area contributed by atoms with Crippen LogP contribution in [0.2, 0.25) is 0 Å². The van der Waals surface area contributed by atoms with E-state index >= 15 is 0 Å². The standard InChI is InChI=1S/C21H25N3O2S/c1-15-3-7-17(8-4-15)23-11-2-12-24(14-13-23)21(26)18-9-10-19(27-18)22-20(25)16-5-6-16/h3-4,7-10,16H,2,5-6,11-14H2,1H3,(H,22,25). The molecule has 5 nitrogen and oxygen atoms in total. The van der Waals surface area contributed by atoms with Crippen molar-refractivity contribution in [2.75, 3.05) is 36.4 Å². The van der Waals surface area contributed by atoms with E-state index < -0.39 is 0 Å². The Morgan fingerprint density at radius 1 is 1.00 bits per heavy atom. The van der Waals surface area contributed by atoms with E-state index in [1.807, 2.05) is 17.0 Å². The summed E-state index contributed by atoms with van der Waals surface area (Å²) in [5.41, 5.74) is 2.48. The Morgan fingerprint density at radius 3 is 2.52 bits per heavy atom. The molecule has 27 heavy (non-hydrogen) atoms. The zero-order valence-corrected chi connectivity index (χ0v) is 16.4. The van der Waals surface area contributed by atoms with Gasteiger partial charge in [0, 0.05) is 37.8 Å². The monoisotopic (exact) mass is 383 g/mol. The second kappa shape index (κ2) is 7.72. The summed E-state index contributed by atoms with van der Waals surface area (Å²) in [6.07, 6.45) is 2.92.